The number of hydrogen-bond donors (Lipinski definition) is 1. The predicted molar refractivity (Wildman–Crippen MR) is 123 cm³/mol. The first-order valence-electron chi connectivity index (χ1n) is 12.5. The van der Waals surface area contributed by atoms with E-state index in [9.17, 15) is 14.4 Å². The molecule has 6 aliphatic rings. The second-order valence-corrected chi connectivity index (χ2v) is 10.8. The summed E-state index contributed by atoms with van der Waals surface area (Å²) in [6.45, 7) is 4.17. The summed E-state index contributed by atoms with van der Waals surface area (Å²) in [6.07, 6.45) is 5.98. The Morgan fingerprint density at radius 1 is 1.14 bits per heavy atom. The van der Waals surface area contributed by atoms with Crippen LogP contribution in [0, 0.1) is 12.8 Å². The highest BCUT2D eigenvalue weighted by Gasteiger charge is 2.63. The van der Waals surface area contributed by atoms with Crippen molar-refractivity contribution in [3.8, 4) is 5.75 Å². The van der Waals surface area contributed by atoms with Crippen molar-refractivity contribution in [1.29, 1.82) is 0 Å². The molecule has 1 aromatic heterocycles. The summed E-state index contributed by atoms with van der Waals surface area (Å²) in [6, 6.07) is 6.01. The van der Waals surface area contributed by atoms with Crippen LogP contribution in [0.5, 0.6) is 5.75 Å². The molecule has 8 rings (SSSR count). The summed E-state index contributed by atoms with van der Waals surface area (Å²) in [4.78, 5) is 46.1. The number of rotatable bonds is 5. The van der Waals surface area contributed by atoms with Gasteiger partial charge in [0.05, 0.1) is 12.1 Å². The molecule has 1 N–H and O–H groups in total. The number of aryl methyl sites for hydroxylation is 1. The van der Waals surface area contributed by atoms with Crippen molar-refractivity contribution in [2.24, 2.45) is 5.92 Å². The van der Waals surface area contributed by atoms with Crippen molar-refractivity contribution in [3.05, 3.63) is 47.2 Å². The van der Waals surface area contributed by atoms with Crippen molar-refractivity contribution in [2.45, 2.75) is 69.2 Å². The van der Waals surface area contributed by atoms with E-state index in [1.54, 1.807) is 11.1 Å². The maximum absolute atomic E-state index is 13.1. The zero-order chi connectivity index (χ0) is 23.9. The Kier molecular flexibility index (Phi) is 4.46. The molecule has 2 bridgehead atoms. The van der Waals surface area contributed by atoms with Gasteiger partial charge >= 0.3 is 0 Å². The molecule has 2 saturated carbocycles. The third-order valence-electron chi connectivity index (χ3n) is 8.67. The zero-order valence-electron chi connectivity index (χ0n) is 19.7. The number of fused-ring (bicyclic) bond motifs is 3. The van der Waals surface area contributed by atoms with Crippen LogP contribution < -0.4 is 10.1 Å². The molecule has 9 nitrogen and oxygen atoms in total. The average Bonchev–Trinajstić information content (AvgIpc) is 3.47. The average molecular weight is 477 g/mol. The van der Waals surface area contributed by atoms with Crippen LogP contribution in [0.1, 0.15) is 65.6 Å². The monoisotopic (exact) mass is 476 g/mol. The molecule has 0 radical (unpaired) electrons. The summed E-state index contributed by atoms with van der Waals surface area (Å²) in [5.74, 6) is 1.93. The molecule has 35 heavy (non-hydrogen) atoms. The van der Waals surface area contributed by atoms with E-state index in [1.807, 2.05) is 25.1 Å². The molecule has 5 fully saturated rings. The molecule has 2 aliphatic carbocycles. The SMILES string of the molecule is Cc1cnc(C2CN([C@H]3CCCC3Oc3ccc4c(c3)CN(C35CC(C3)C(=O)NC5=O)C4=O)C2)o1. The number of imide groups is 1. The Labute approximate surface area is 202 Å². The van der Waals surface area contributed by atoms with E-state index in [-0.39, 0.29) is 29.7 Å². The van der Waals surface area contributed by atoms with Gasteiger partial charge in [0.2, 0.25) is 5.91 Å². The van der Waals surface area contributed by atoms with E-state index >= 15 is 0 Å². The minimum absolute atomic E-state index is 0.106. The first-order valence-corrected chi connectivity index (χ1v) is 12.5. The number of nitrogens with one attached hydrogen (secondary N) is 1. The van der Waals surface area contributed by atoms with Gasteiger partial charge in [-0.15, -0.1) is 0 Å². The summed E-state index contributed by atoms with van der Waals surface area (Å²) >= 11 is 0. The highest BCUT2D eigenvalue weighted by atomic mass is 16.5. The van der Waals surface area contributed by atoms with E-state index in [0.717, 1.165) is 55.3 Å². The lowest BCUT2D eigenvalue weighted by Crippen LogP contribution is -2.73. The molecular weight excluding hydrogens is 448 g/mol. The highest BCUT2D eigenvalue weighted by molar-refractivity contribution is 6.10. The van der Waals surface area contributed by atoms with E-state index in [2.05, 4.69) is 15.2 Å². The first-order chi connectivity index (χ1) is 16.9. The lowest BCUT2D eigenvalue weighted by molar-refractivity contribution is -0.160. The molecule has 1 unspecified atom stereocenters. The first kappa shape index (κ1) is 21.1. The Hall–Kier alpha value is -3.20. The predicted octanol–water partition coefficient (Wildman–Crippen LogP) is 2.14. The van der Waals surface area contributed by atoms with Crippen molar-refractivity contribution in [3.63, 3.8) is 0 Å². The van der Waals surface area contributed by atoms with E-state index < -0.39 is 5.54 Å². The summed E-state index contributed by atoms with van der Waals surface area (Å²) in [5.41, 5.74) is 0.615. The van der Waals surface area contributed by atoms with Crippen LogP contribution in [0.25, 0.3) is 0 Å². The van der Waals surface area contributed by atoms with Crippen LogP contribution in [-0.4, -0.2) is 63.3 Å². The normalized spacial score (nSPS) is 32.3. The van der Waals surface area contributed by atoms with Crippen molar-refractivity contribution < 1.29 is 23.5 Å². The van der Waals surface area contributed by atoms with Crippen molar-refractivity contribution in [1.82, 2.24) is 20.1 Å². The molecule has 182 valence electrons. The molecule has 2 atom stereocenters. The third-order valence-corrected chi connectivity index (χ3v) is 8.67. The number of carbonyl (C=O) groups is 3. The Bertz CT molecular complexity index is 1240. The smallest absolute Gasteiger partial charge is 0.255 e. The van der Waals surface area contributed by atoms with Gasteiger partial charge < -0.3 is 14.1 Å². The number of benzene rings is 1. The van der Waals surface area contributed by atoms with Gasteiger partial charge in [0.25, 0.3) is 11.8 Å². The minimum Gasteiger partial charge on any atom is -0.489 e. The Morgan fingerprint density at radius 2 is 1.97 bits per heavy atom. The maximum Gasteiger partial charge on any atom is 0.255 e. The van der Waals surface area contributed by atoms with Crippen LogP contribution >= 0.6 is 0 Å². The van der Waals surface area contributed by atoms with Crippen LogP contribution in [0.4, 0.5) is 0 Å². The summed E-state index contributed by atoms with van der Waals surface area (Å²) < 4.78 is 12.2. The molecule has 4 aliphatic heterocycles. The molecule has 3 saturated heterocycles. The number of amides is 3. The quantitative estimate of drug-likeness (QED) is 0.660. The molecule has 5 heterocycles. The zero-order valence-corrected chi connectivity index (χ0v) is 19.7. The Balaban J connectivity index is 1.03. The molecule has 2 aromatic rings. The highest BCUT2D eigenvalue weighted by Crippen LogP contribution is 2.49. The number of piperidine rings is 2. The van der Waals surface area contributed by atoms with Gasteiger partial charge in [-0.3, -0.25) is 24.6 Å². The minimum atomic E-state index is -0.887. The molecule has 3 amide bonds. The molecule has 9 heteroatoms. The van der Waals surface area contributed by atoms with Gasteiger partial charge in [-0.1, -0.05) is 0 Å². The van der Waals surface area contributed by atoms with Gasteiger partial charge in [-0.2, -0.15) is 0 Å². The summed E-state index contributed by atoms with van der Waals surface area (Å²) in [7, 11) is 0. The third kappa shape index (κ3) is 3.10. The number of hydrogen-bond acceptors (Lipinski definition) is 7. The Morgan fingerprint density at radius 3 is 2.71 bits per heavy atom. The van der Waals surface area contributed by atoms with Crippen LogP contribution in [0.3, 0.4) is 0 Å². The largest absolute Gasteiger partial charge is 0.489 e. The van der Waals surface area contributed by atoms with E-state index in [1.165, 1.54) is 0 Å². The van der Waals surface area contributed by atoms with Crippen molar-refractivity contribution >= 4 is 17.7 Å². The van der Waals surface area contributed by atoms with Crippen LogP contribution in [0.15, 0.2) is 28.8 Å². The number of nitrogens with zero attached hydrogens (tertiary/aromatic N) is 3. The number of oxazole rings is 1. The fourth-order valence-corrected chi connectivity index (χ4v) is 6.65. The fraction of sp³-hybridized carbons (Fsp3) is 0.538. The van der Waals surface area contributed by atoms with Gasteiger partial charge in [-0.25, -0.2) is 4.98 Å². The van der Waals surface area contributed by atoms with E-state index in [4.69, 9.17) is 9.15 Å². The fourth-order valence-electron chi connectivity index (χ4n) is 6.65. The molecule has 1 aromatic carbocycles. The van der Waals surface area contributed by atoms with Gasteiger partial charge in [-0.05, 0) is 62.8 Å². The lowest BCUT2D eigenvalue weighted by Gasteiger charge is -2.53. The topological polar surface area (TPSA) is 105 Å². The second-order valence-electron chi connectivity index (χ2n) is 10.8. The number of likely N-dealkylation sites (tertiary alicyclic amines) is 1. The standard InChI is InChI=1S/C26H28N4O5/c1-14-10-27-23(34-14)17-11-29(12-17)20-3-2-4-21(20)35-18-5-6-19-15(7-18)13-30(24(19)32)26-8-16(9-26)22(31)28-25(26)33/h5-7,10,16-17,20-21H,2-4,8-9,11-13H2,1H3,(H,28,31,33)/t16?,20-,21?,26?/m0/s1. The van der Waals surface area contributed by atoms with E-state index in [0.29, 0.717) is 36.9 Å². The van der Waals surface area contributed by atoms with Gasteiger partial charge in [0.15, 0.2) is 5.89 Å². The number of ether oxygens (including phenoxy) is 1. The number of aromatic nitrogens is 1. The maximum atomic E-state index is 13.1. The van der Waals surface area contributed by atoms with Crippen LogP contribution in [0.2, 0.25) is 0 Å². The molecule has 0 spiro atoms. The second kappa shape index (κ2) is 7.40. The molecular formula is C26H28N4O5. The van der Waals surface area contributed by atoms with Crippen molar-refractivity contribution in [2.75, 3.05) is 13.1 Å². The lowest BCUT2D eigenvalue weighted by atomic mass is 9.63. The van der Waals surface area contributed by atoms with Gasteiger partial charge in [0.1, 0.15) is 23.2 Å². The van der Waals surface area contributed by atoms with Gasteiger partial charge in [0, 0.05) is 37.2 Å². The van der Waals surface area contributed by atoms with Crippen LogP contribution in [-0.2, 0) is 16.1 Å². The summed E-state index contributed by atoms with van der Waals surface area (Å²) in [5, 5.41) is 2.43. The number of carbonyl (C=O) groups excluding carboxylic acids is 3.